The molecule has 1 aromatic carbocycles. The van der Waals surface area contributed by atoms with Crippen LogP contribution in [-0.4, -0.2) is 26.4 Å². The third-order valence-electron chi connectivity index (χ3n) is 2.26. The maximum Gasteiger partial charge on any atom is 0.304 e. The third kappa shape index (κ3) is 3.10. The van der Waals surface area contributed by atoms with Gasteiger partial charge in [0.05, 0.1) is 6.42 Å². The molecule has 6 heteroatoms. The number of carboxylic acids is 1. The second-order valence-electron chi connectivity index (χ2n) is 3.55. The molecule has 0 fully saturated rings. The van der Waals surface area contributed by atoms with Gasteiger partial charge < -0.3 is 5.11 Å². The molecule has 0 amide bonds. The summed E-state index contributed by atoms with van der Waals surface area (Å²) in [7, 11) is 0. The van der Waals surface area contributed by atoms with Crippen molar-refractivity contribution < 1.29 is 14.3 Å². The van der Waals surface area contributed by atoms with Crippen molar-refractivity contribution in [3.8, 4) is 5.69 Å². The van der Waals surface area contributed by atoms with Crippen molar-refractivity contribution in [2.75, 3.05) is 5.75 Å². The largest absolute Gasteiger partial charge is 0.481 e. The molecule has 2 aromatic rings. The van der Waals surface area contributed by atoms with Crippen molar-refractivity contribution in [1.82, 2.24) is 9.55 Å². The summed E-state index contributed by atoms with van der Waals surface area (Å²) in [5.74, 6) is -0.672. The monoisotopic (exact) mass is 266 g/mol. The van der Waals surface area contributed by atoms with E-state index in [9.17, 15) is 9.18 Å². The second-order valence-corrected chi connectivity index (χ2v) is 4.61. The van der Waals surface area contributed by atoms with Crippen molar-refractivity contribution in [2.45, 2.75) is 11.6 Å². The Kier molecular flexibility index (Phi) is 3.99. The van der Waals surface area contributed by atoms with E-state index in [1.165, 1.54) is 23.9 Å². The number of halogens is 1. The Hall–Kier alpha value is -1.82. The van der Waals surface area contributed by atoms with Crippen LogP contribution in [0.1, 0.15) is 6.42 Å². The summed E-state index contributed by atoms with van der Waals surface area (Å²) in [6.07, 6.45) is 3.48. The van der Waals surface area contributed by atoms with Gasteiger partial charge in [0.1, 0.15) is 5.82 Å². The first-order valence-corrected chi connectivity index (χ1v) is 6.29. The molecule has 94 valence electrons. The van der Waals surface area contributed by atoms with Gasteiger partial charge in [-0.05, 0) is 24.3 Å². The van der Waals surface area contributed by atoms with Gasteiger partial charge in [-0.15, -0.1) is 0 Å². The number of hydrogen-bond acceptors (Lipinski definition) is 3. The van der Waals surface area contributed by atoms with Crippen LogP contribution in [0.15, 0.2) is 41.8 Å². The lowest BCUT2D eigenvalue weighted by Gasteiger charge is -2.06. The van der Waals surface area contributed by atoms with Gasteiger partial charge in [0.2, 0.25) is 0 Å². The van der Waals surface area contributed by atoms with Gasteiger partial charge in [-0.2, -0.15) is 0 Å². The highest BCUT2D eigenvalue weighted by molar-refractivity contribution is 7.99. The molecule has 2 rings (SSSR count). The fourth-order valence-electron chi connectivity index (χ4n) is 1.42. The maximum atomic E-state index is 12.8. The lowest BCUT2D eigenvalue weighted by molar-refractivity contribution is -0.136. The SMILES string of the molecule is O=C(O)CCSc1nccn1-c1ccc(F)cc1. The summed E-state index contributed by atoms with van der Waals surface area (Å²) in [6, 6.07) is 6.05. The van der Waals surface area contributed by atoms with Crippen LogP contribution in [0.5, 0.6) is 0 Å². The smallest absolute Gasteiger partial charge is 0.304 e. The Balaban J connectivity index is 2.12. The average molecular weight is 266 g/mol. The fourth-order valence-corrected chi connectivity index (χ4v) is 2.32. The molecule has 18 heavy (non-hydrogen) atoms. The number of aliphatic carboxylic acids is 1. The Morgan fingerprint density at radius 2 is 2.11 bits per heavy atom. The lowest BCUT2D eigenvalue weighted by Crippen LogP contribution is -1.99. The van der Waals surface area contributed by atoms with Gasteiger partial charge in [-0.3, -0.25) is 9.36 Å². The van der Waals surface area contributed by atoms with Crippen molar-refractivity contribution >= 4 is 17.7 Å². The van der Waals surface area contributed by atoms with E-state index in [1.807, 2.05) is 0 Å². The molecule has 0 aliphatic heterocycles. The molecule has 4 nitrogen and oxygen atoms in total. The predicted molar refractivity (Wildman–Crippen MR) is 66.5 cm³/mol. The molecule has 1 aromatic heterocycles. The zero-order valence-corrected chi connectivity index (χ0v) is 10.2. The molecule has 0 unspecified atom stereocenters. The van der Waals surface area contributed by atoms with Crippen LogP contribution >= 0.6 is 11.8 Å². The van der Waals surface area contributed by atoms with Crippen LogP contribution in [0.4, 0.5) is 4.39 Å². The molecular weight excluding hydrogens is 255 g/mol. The van der Waals surface area contributed by atoms with E-state index in [4.69, 9.17) is 5.11 Å². The molecule has 1 N–H and O–H groups in total. The van der Waals surface area contributed by atoms with Gasteiger partial charge in [-0.25, -0.2) is 9.37 Å². The van der Waals surface area contributed by atoms with Gasteiger partial charge in [-0.1, -0.05) is 11.8 Å². The van der Waals surface area contributed by atoms with E-state index in [2.05, 4.69) is 4.98 Å². The van der Waals surface area contributed by atoms with E-state index in [1.54, 1.807) is 29.1 Å². The van der Waals surface area contributed by atoms with Crippen molar-refractivity contribution in [2.24, 2.45) is 0 Å². The topological polar surface area (TPSA) is 55.1 Å². The summed E-state index contributed by atoms with van der Waals surface area (Å²) in [6.45, 7) is 0. The van der Waals surface area contributed by atoms with E-state index in [-0.39, 0.29) is 12.2 Å². The summed E-state index contributed by atoms with van der Waals surface area (Å²) >= 11 is 1.36. The zero-order chi connectivity index (χ0) is 13.0. The molecular formula is C12H11FN2O2S. The molecule has 0 bridgehead atoms. The molecule has 0 atom stereocenters. The first-order chi connectivity index (χ1) is 8.66. The average Bonchev–Trinajstić information content (AvgIpc) is 2.78. The second kappa shape index (κ2) is 5.68. The molecule has 1 heterocycles. The highest BCUT2D eigenvalue weighted by Gasteiger charge is 2.07. The highest BCUT2D eigenvalue weighted by atomic mass is 32.2. The number of benzene rings is 1. The maximum absolute atomic E-state index is 12.8. The number of carbonyl (C=O) groups is 1. The van der Waals surface area contributed by atoms with Crippen LogP contribution in [-0.2, 0) is 4.79 Å². The number of imidazole rings is 1. The van der Waals surface area contributed by atoms with Crippen molar-refractivity contribution in [3.05, 3.63) is 42.5 Å². The van der Waals surface area contributed by atoms with Crippen molar-refractivity contribution in [1.29, 1.82) is 0 Å². The molecule has 0 saturated heterocycles. The summed E-state index contributed by atoms with van der Waals surface area (Å²) in [5.41, 5.74) is 0.798. The van der Waals surface area contributed by atoms with E-state index < -0.39 is 5.97 Å². The minimum absolute atomic E-state index is 0.0843. The molecule has 0 spiro atoms. The zero-order valence-electron chi connectivity index (χ0n) is 9.41. The Morgan fingerprint density at radius 3 is 2.78 bits per heavy atom. The van der Waals surface area contributed by atoms with Gasteiger partial charge in [0.15, 0.2) is 5.16 Å². The molecule has 0 aliphatic carbocycles. The minimum Gasteiger partial charge on any atom is -0.481 e. The Bertz CT molecular complexity index is 539. The van der Waals surface area contributed by atoms with Crippen molar-refractivity contribution in [3.63, 3.8) is 0 Å². The van der Waals surface area contributed by atoms with E-state index in [0.717, 1.165) is 5.69 Å². The van der Waals surface area contributed by atoms with Crippen LogP contribution in [0.25, 0.3) is 5.69 Å². The molecule has 0 radical (unpaired) electrons. The van der Waals surface area contributed by atoms with Crippen LogP contribution in [0, 0.1) is 5.82 Å². The number of carboxylic acid groups (broad SMARTS) is 1. The fraction of sp³-hybridized carbons (Fsp3) is 0.167. The first-order valence-electron chi connectivity index (χ1n) is 5.30. The number of rotatable bonds is 5. The lowest BCUT2D eigenvalue weighted by atomic mass is 10.3. The quantitative estimate of drug-likeness (QED) is 0.845. The van der Waals surface area contributed by atoms with E-state index in [0.29, 0.717) is 10.9 Å². The Morgan fingerprint density at radius 1 is 1.39 bits per heavy atom. The highest BCUT2D eigenvalue weighted by Crippen LogP contribution is 2.21. The third-order valence-corrected chi connectivity index (χ3v) is 3.23. The summed E-state index contributed by atoms with van der Waals surface area (Å²) in [4.78, 5) is 14.6. The Labute approximate surface area is 107 Å². The molecule has 0 saturated carbocycles. The predicted octanol–water partition coefficient (Wildman–Crippen LogP) is 2.58. The molecule has 0 aliphatic rings. The standard InChI is InChI=1S/C12H11FN2O2S/c13-9-1-3-10(4-2-9)15-7-6-14-12(15)18-8-5-11(16)17/h1-4,6-7H,5,8H2,(H,16,17). The normalized spacial score (nSPS) is 10.5. The summed E-state index contributed by atoms with van der Waals surface area (Å²) < 4.78 is 14.6. The van der Waals surface area contributed by atoms with Gasteiger partial charge >= 0.3 is 5.97 Å². The minimum atomic E-state index is -0.831. The number of hydrogen-bond donors (Lipinski definition) is 1. The summed E-state index contributed by atoms with van der Waals surface area (Å²) in [5, 5.41) is 9.27. The van der Waals surface area contributed by atoms with E-state index >= 15 is 0 Å². The number of thioether (sulfide) groups is 1. The van der Waals surface area contributed by atoms with Crippen LogP contribution in [0.3, 0.4) is 0 Å². The van der Waals surface area contributed by atoms with Crippen LogP contribution < -0.4 is 0 Å². The van der Waals surface area contributed by atoms with Crippen LogP contribution in [0.2, 0.25) is 0 Å². The van der Waals surface area contributed by atoms with Gasteiger partial charge in [0, 0.05) is 23.8 Å². The van der Waals surface area contributed by atoms with Gasteiger partial charge in [0.25, 0.3) is 0 Å². The number of aromatic nitrogens is 2. The first kappa shape index (κ1) is 12.6. The number of nitrogens with zero attached hydrogens (tertiary/aromatic N) is 2.